The van der Waals surface area contributed by atoms with E-state index in [9.17, 15) is 0 Å². The van der Waals surface area contributed by atoms with E-state index in [1.807, 2.05) is 24.4 Å². The molecule has 0 spiro atoms. The summed E-state index contributed by atoms with van der Waals surface area (Å²) in [5, 5.41) is 0. The average Bonchev–Trinajstić information content (AvgIpc) is 2.28. The maximum atomic E-state index is 6.12. The molecule has 0 fully saturated rings. The fraction of sp³-hybridized carbons (Fsp3) is 0.267. The molecule has 1 heterocycles. The lowest BCUT2D eigenvalue weighted by Crippen LogP contribution is -2.13. The molecule has 0 atom stereocenters. The lowest BCUT2D eigenvalue weighted by atomic mass is 9.85. The van der Waals surface area contributed by atoms with Gasteiger partial charge in [-0.2, -0.15) is 0 Å². The Balaban J connectivity index is 2.45. The molecule has 2 rings (SSSR count). The van der Waals surface area contributed by atoms with Gasteiger partial charge in [0.05, 0.1) is 0 Å². The van der Waals surface area contributed by atoms with Crippen molar-refractivity contribution >= 4 is 5.69 Å². The van der Waals surface area contributed by atoms with Crippen LogP contribution in [-0.2, 0) is 5.41 Å². The van der Waals surface area contributed by atoms with Gasteiger partial charge in [0.2, 0.25) is 0 Å². The van der Waals surface area contributed by atoms with Crippen LogP contribution in [-0.4, -0.2) is 4.98 Å². The molecule has 0 unspecified atom stereocenters. The van der Waals surface area contributed by atoms with Gasteiger partial charge in [-0.3, -0.25) is 4.98 Å². The quantitative estimate of drug-likeness (QED) is 0.754. The molecular formula is C15H18N2. The van der Waals surface area contributed by atoms with Crippen molar-refractivity contribution in [3.05, 3.63) is 48.3 Å². The summed E-state index contributed by atoms with van der Waals surface area (Å²) in [6.07, 6.45) is 3.63. The molecule has 0 bridgehead atoms. The first-order valence-electron chi connectivity index (χ1n) is 5.79. The van der Waals surface area contributed by atoms with Crippen molar-refractivity contribution in [3.8, 4) is 11.1 Å². The highest BCUT2D eigenvalue weighted by Crippen LogP contribution is 2.31. The molecule has 0 saturated carbocycles. The van der Waals surface area contributed by atoms with Crippen LogP contribution >= 0.6 is 0 Å². The van der Waals surface area contributed by atoms with Gasteiger partial charge in [0, 0.05) is 23.6 Å². The number of aromatic nitrogens is 1. The molecule has 0 radical (unpaired) electrons. The zero-order chi connectivity index (χ0) is 12.5. The summed E-state index contributed by atoms with van der Waals surface area (Å²) in [7, 11) is 0. The van der Waals surface area contributed by atoms with Crippen LogP contribution in [0.2, 0.25) is 0 Å². The molecule has 88 valence electrons. The maximum absolute atomic E-state index is 6.12. The number of hydrogen-bond donors (Lipinski definition) is 1. The van der Waals surface area contributed by atoms with Crippen molar-refractivity contribution in [1.82, 2.24) is 4.98 Å². The second-order valence-electron chi connectivity index (χ2n) is 5.29. The summed E-state index contributed by atoms with van der Waals surface area (Å²) >= 11 is 0. The van der Waals surface area contributed by atoms with Gasteiger partial charge in [0.25, 0.3) is 0 Å². The second-order valence-corrected chi connectivity index (χ2v) is 5.29. The van der Waals surface area contributed by atoms with Gasteiger partial charge in [-0.1, -0.05) is 39.0 Å². The van der Waals surface area contributed by atoms with Crippen LogP contribution in [0.25, 0.3) is 11.1 Å². The van der Waals surface area contributed by atoms with E-state index in [-0.39, 0.29) is 5.41 Å². The van der Waals surface area contributed by atoms with Gasteiger partial charge in [-0.15, -0.1) is 0 Å². The highest BCUT2D eigenvalue weighted by Gasteiger charge is 2.16. The van der Waals surface area contributed by atoms with Gasteiger partial charge in [0.15, 0.2) is 0 Å². The van der Waals surface area contributed by atoms with E-state index in [0.29, 0.717) is 0 Å². The zero-order valence-corrected chi connectivity index (χ0v) is 10.6. The molecule has 0 aliphatic carbocycles. The van der Waals surface area contributed by atoms with E-state index in [4.69, 9.17) is 5.73 Å². The Kier molecular flexibility index (Phi) is 2.88. The van der Waals surface area contributed by atoms with E-state index < -0.39 is 0 Å². The minimum Gasteiger partial charge on any atom is -0.398 e. The second kappa shape index (κ2) is 4.21. The number of nitrogens with two attached hydrogens (primary N) is 1. The zero-order valence-electron chi connectivity index (χ0n) is 10.6. The van der Waals surface area contributed by atoms with Gasteiger partial charge in [-0.25, -0.2) is 0 Å². The van der Waals surface area contributed by atoms with Crippen LogP contribution < -0.4 is 5.73 Å². The number of anilines is 1. The third-order valence-electron chi connectivity index (χ3n) is 2.85. The number of rotatable bonds is 1. The highest BCUT2D eigenvalue weighted by atomic mass is 14.6. The fourth-order valence-corrected chi connectivity index (χ4v) is 1.96. The van der Waals surface area contributed by atoms with Crippen molar-refractivity contribution in [2.75, 3.05) is 5.73 Å². The van der Waals surface area contributed by atoms with Crippen molar-refractivity contribution in [3.63, 3.8) is 0 Å². The first-order valence-corrected chi connectivity index (χ1v) is 5.79. The number of nitrogens with zero attached hydrogens (tertiary/aromatic N) is 1. The molecule has 1 aromatic heterocycles. The molecule has 0 saturated heterocycles. The molecular weight excluding hydrogens is 208 g/mol. The molecule has 2 N–H and O–H groups in total. The standard InChI is InChI=1S/C15H18N2/c1-15(2,3)13-7-6-11(9-14(13)16)12-5-4-8-17-10-12/h4-10H,16H2,1-3H3. The lowest BCUT2D eigenvalue weighted by molar-refractivity contribution is 0.592. The molecule has 0 amide bonds. The Morgan fingerprint density at radius 3 is 2.35 bits per heavy atom. The number of pyridine rings is 1. The normalized spacial score (nSPS) is 11.5. The van der Waals surface area contributed by atoms with Crippen molar-refractivity contribution in [2.24, 2.45) is 0 Å². The van der Waals surface area contributed by atoms with Crippen LogP contribution in [0.5, 0.6) is 0 Å². The Morgan fingerprint density at radius 2 is 1.82 bits per heavy atom. The van der Waals surface area contributed by atoms with E-state index >= 15 is 0 Å². The smallest absolute Gasteiger partial charge is 0.0358 e. The molecule has 0 aliphatic rings. The molecule has 2 aromatic rings. The summed E-state index contributed by atoms with van der Waals surface area (Å²) < 4.78 is 0. The molecule has 2 nitrogen and oxygen atoms in total. The first kappa shape index (κ1) is 11.6. The first-order chi connectivity index (χ1) is 7.98. The van der Waals surface area contributed by atoms with Gasteiger partial charge in [-0.05, 0) is 28.7 Å². The third kappa shape index (κ3) is 2.47. The summed E-state index contributed by atoms with van der Waals surface area (Å²) in [6.45, 7) is 6.51. The van der Waals surface area contributed by atoms with Crippen molar-refractivity contribution in [1.29, 1.82) is 0 Å². The maximum Gasteiger partial charge on any atom is 0.0358 e. The van der Waals surface area contributed by atoms with Crippen LogP contribution in [0.4, 0.5) is 5.69 Å². The van der Waals surface area contributed by atoms with Crippen molar-refractivity contribution in [2.45, 2.75) is 26.2 Å². The summed E-state index contributed by atoms with van der Waals surface area (Å²) in [5.74, 6) is 0. The third-order valence-corrected chi connectivity index (χ3v) is 2.85. The minimum atomic E-state index is 0.0809. The monoisotopic (exact) mass is 226 g/mol. The van der Waals surface area contributed by atoms with Crippen LogP contribution in [0.15, 0.2) is 42.7 Å². The van der Waals surface area contributed by atoms with Crippen LogP contribution in [0.3, 0.4) is 0 Å². The van der Waals surface area contributed by atoms with Crippen LogP contribution in [0.1, 0.15) is 26.3 Å². The molecule has 17 heavy (non-hydrogen) atoms. The largest absolute Gasteiger partial charge is 0.398 e. The highest BCUT2D eigenvalue weighted by molar-refractivity contribution is 5.69. The fourth-order valence-electron chi connectivity index (χ4n) is 1.96. The average molecular weight is 226 g/mol. The Morgan fingerprint density at radius 1 is 1.06 bits per heavy atom. The Hall–Kier alpha value is -1.83. The number of hydrogen-bond acceptors (Lipinski definition) is 2. The van der Waals surface area contributed by atoms with E-state index in [1.54, 1.807) is 6.20 Å². The van der Waals surface area contributed by atoms with Crippen LogP contribution in [0, 0.1) is 0 Å². The Labute approximate surface area is 103 Å². The van der Waals surface area contributed by atoms with Gasteiger partial charge in [0.1, 0.15) is 0 Å². The molecule has 0 aliphatic heterocycles. The lowest BCUT2D eigenvalue weighted by Gasteiger charge is -2.21. The van der Waals surface area contributed by atoms with Crippen molar-refractivity contribution < 1.29 is 0 Å². The van der Waals surface area contributed by atoms with Gasteiger partial charge >= 0.3 is 0 Å². The topological polar surface area (TPSA) is 38.9 Å². The van der Waals surface area contributed by atoms with E-state index in [2.05, 4.69) is 37.9 Å². The summed E-state index contributed by atoms with van der Waals surface area (Å²) in [5.41, 5.74) is 10.4. The SMILES string of the molecule is CC(C)(C)c1ccc(-c2cccnc2)cc1N. The van der Waals surface area contributed by atoms with Gasteiger partial charge < -0.3 is 5.73 Å². The molecule has 2 heteroatoms. The predicted octanol–water partition coefficient (Wildman–Crippen LogP) is 3.63. The summed E-state index contributed by atoms with van der Waals surface area (Å²) in [4.78, 5) is 4.12. The number of nitrogen functional groups attached to an aromatic ring is 1. The predicted molar refractivity (Wildman–Crippen MR) is 72.8 cm³/mol. The Bertz CT molecular complexity index is 510. The molecule has 1 aromatic carbocycles. The van der Waals surface area contributed by atoms with E-state index in [0.717, 1.165) is 16.8 Å². The minimum absolute atomic E-state index is 0.0809. The van der Waals surface area contributed by atoms with E-state index in [1.165, 1.54) is 5.56 Å². The number of benzene rings is 1. The summed E-state index contributed by atoms with van der Waals surface area (Å²) in [6, 6.07) is 10.2.